The normalized spacial score (nSPS) is 11.8. The van der Waals surface area contributed by atoms with Gasteiger partial charge in [-0.15, -0.1) is 0 Å². The molecule has 0 atom stereocenters. The summed E-state index contributed by atoms with van der Waals surface area (Å²) >= 11 is 0. The topological polar surface area (TPSA) is 264 Å². The average Bonchev–Trinajstić information content (AvgIpc) is 2.79. The summed E-state index contributed by atoms with van der Waals surface area (Å²) in [5, 5.41) is 36.2. The highest BCUT2D eigenvalue weighted by molar-refractivity contribution is 7.86. The maximum Gasteiger partial charge on any atom is 0.323 e. The standard InChI is InChI=1S/C22H22N2O14S2/c25-19(26)9-23(10-20(27)28)15-5-3-13(7-17(15)39(33,34)35)1-2-14-4-6-16(18(8-14)40(36,37)38)24(11-21(29)30)12-22(31)32/h1-8H,9-12H2,(H,25,26)(H,27,28)(H,29,30)(H,31,32)(H,33,34,35)(H,36,37,38)/b2-1+. The second-order valence-corrected chi connectivity index (χ2v) is 10.8. The van der Waals surface area contributed by atoms with Gasteiger partial charge < -0.3 is 30.2 Å². The van der Waals surface area contributed by atoms with Crippen LogP contribution >= 0.6 is 0 Å². The van der Waals surface area contributed by atoms with Crippen LogP contribution in [0.25, 0.3) is 12.2 Å². The third kappa shape index (κ3) is 9.05. The van der Waals surface area contributed by atoms with E-state index >= 15 is 0 Å². The van der Waals surface area contributed by atoms with E-state index < -0.39 is 91.5 Å². The van der Waals surface area contributed by atoms with Crippen LogP contribution in [0.3, 0.4) is 0 Å². The molecule has 40 heavy (non-hydrogen) atoms. The number of rotatable bonds is 14. The first-order chi connectivity index (χ1) is 18.4. The van der Waals surface area contributed by atoms with Crippen molar-refractivity contribution in [3.8, 4) is 0 Å². The first-order valence-electron chi connectivity index (χ1n) is 10.7. The van der Waals surface area contributed by atoms with E-state index in [0.717, 1.165) is 24.3 Å². The fourth-order valence-corrected chi connectivity index (χ4v) is 5.00. The third-order valence-corrected chi connectivity index (χ3v) is 6.74. The summed E-state index contributed by atoms with van der Waals surface area (Å²) in [6.07, 6.45) is 2.46. The van der Waals surface area contributed by atoms with Gasteiger partial charge in [0, 0.05) is 0 Å². The molecule has 2 rings (SSSR count). The number of nitrogens with zero attached hydrogens (tertiary/aromatic N) is 2. The minimum atomic E-state index is -4.99. The summed E-state index contributed by atoms with van der Waals surface area (Å²) in [7, 11) is -9.98. The monoisotopic (exact) mass is 602 g/mol. The van der Waals surface area contributed by atoms with Crippen molar-refractivity contribution in [1.82, 2.24) is 0 Å². The number of anilines is 2. The summed E-state index contributed by atoms with van der Waals surface area (Å²) in [6, 6.07) is 6.40. The minimum Gasteiger partial charge on any atom is -0.480 e. The molecular formula is C22H22N2O14S2. The molecule has 0 fully saturated rings. The molecular weight excluding hydrogens is 580 g/mol. The van der Waals surface area contributed by atoms with Gasteiger partial charge in [-0.25, -0.2) is 0 Å². The highest BCUT2D eigenvalue weighted by atomic mass is 32.2. The number of hydrogen-bond donors (Lipinski definition) is 6. The molecule has 0 amide bonds. The zero-order chi connectivity index (χ0) is 30.4. The van der Waals surface area contributed by atoms with Crippen LogP contribution in [-0.2, 0) is 39.4 Å². The van der Waals surface area contributed by atoms with Crippen LogP contribution in [0.15, 0.2) is 46.2 Å². The Kier molecular flexibility index (Phi) is 9.95. The fraction of sp³-hybridized carbons (Fsp3) is 0.182. The lowest BCUT2D eigenvalue weighted by molar-refractivity contribution is -0.138. The van der Waals surface area contributed by atoms with Crippen LogP contribution in [-0.4, -0.2) is 96.4 Å². The van der Waals surface area contributed by atoms with E-state index in [2.05, 4.69) is 0 Å². The average molecular weight is 603 g/mol. The highest BCUT2D eigenvalue weighted by Crippen LogP contribution is 2.29. The zero-order valence-electron chi connectivity index (χ0n) is 20.1. The summed E-state index contributed by atoms with van der Waals surface area (Å²) in [4.78, 5) is 44.3. The molecule has 2 aromatic rings. The van der Waals surface area contributed by atoms with Gasteiger partial charge in [0.2, 0.25) is 0 Å². The number of benzene rings is 2. The summed E-state index contributed by atoms with van der Waals surface area (Å²) in [5.41, 5.74) is -0.700. The lowest BCUT2D eigenvalue weighted by atomic mass is 10.1. The Morgan fingerprint density at radius 2 is 0.850 bits per heavy atom. The van der Waals surface area contributed by atoms with Crippen LogP contribution in [0, 0.1) is 0 Å². The number of carboxylic acids is 4. The molecule has 0 spiro atoms. The van der Waals surface area contributed by atoms with Gasteiger partial charge in [0.25, 0.3) is 20.2 Å². The second-order valence-electron chi connectivity index (χ2n) is 8.02. The Morgan fingerprint density at radius 1 is 0.575 bits per heavy atom. The molecule has 18 heteroatoms. The number of hydrogen-bond acceptors (Lipinski definition) is 10. The van der Waals surface area contributed by atoms with Gasteiger partial charge in [0.15, 0.2) is 0 Å². The SMILES string of the molecule is O=C(O)CN(CC(=O)O)c1ccc(/C=C/c2ccc(N(CC(=O)O)CC(=O)O)c(S(=O)(=O)O)c2)cc1S(=O)(=O)O. The van der Waals surface area contributed by atoms with Crippen LogP contribution < -0.4 is 9.80 Å². The lowest BCUT2D eigenvalue weighted by Crippen LogP contribution is -2.35. The maximum atomic E-state index is 12.0. The molecule has 0 unspecified atom stereocenters. The predicted octanol–water partition coefficient (Wildman–Crippen LogP) is 0.302. The van der Waals surface area contributed by atoms with Crippen LogP contribution in [0.2, 0.25) is 0 Å². The third-order valence-electron chi connectivity index (χ3n) is 4.98. The number of carbonyl (C=O) groups is 4. The molecule has 0 heterocycles. The van der Waals surface area contributed by atoms with E-state index in [4.69, 9.17) is 20.4 Å². The van der Waals surface area contributed by atoms with E-state index in [0.29, 0.717) is 9.80 Å². The maximum absolute atomic E-state index is 12.0. The molecule has 2 aromatic carbocycles. The molecule has 0 radical (unpaired) electrons. The number of aliphatic carboxylic acids is 4. The van der Waals surface area contributed by atoms with Gasteiger partial charge in [0.05, 0.1) is 11.4 Å². The molecule has 216 valence electrons. The van der Waals surface area contributed by atoms with Crippen molar-refractivity contribution < 1.29 is 65.5 Å². The first-order valence-corrected chi connectivity index (χ1v) is 13.5. The highest BCUT2D eigenvalue weighted by Gasteiger charge is 2.25. The largest absolute Gasteiger partial charge is 0.480 e. The summed E-state index contributed by atoms with van der Waals surface area (Å²) in [5.74, 6) is -5.91. The van der Waals surface area contributed by atoms with Crippen molar-refractivity contribution in [2.24, 2.45) is 0 Å². The summed E-state index contributed by atoms with van der Waals surface area (Å²) in [6.45, 7) is -3.63. The van der Waals surface area contributed by atoms with Crippen molar-refractivity contribution in [3.63, 3.8) is 0 Å². The Labute approximate surface area is 226 Å². The van der Waals surface area contributed by atoms with Crippen molar-refractivity contribution in [2.45, 2.75) is 9.79 Å². The van der Waals surface area contributed by atoms with Gasteiger partial charge in [-0.2, -0.15) is 16.8 Å². The zero-order valence-corrected chi connectivity index (χ0v) is 21.7. The minimum absolute atomic E-state index is 0.0674. The van der Waals surface area contributed by atoms with Crippen molar-refractivity contribution in [2.75, 3.05) is 36.0 Å². The van der Waals surface area contributed by atoms with Crippen molar-refractivity contribution >= 4 is 67.6 Å². The smallest absolute Gasteiger partial charge is 0.323 e. The molecule has 16 nitrogen and oxygen atoms in total. The van der Waals surface area contributed by atoms with E-state index in [1.807, 2.05) is 0 Å². The quantitative estimate of drug-likeness (QED) is 0.125. The second kappa shape index (κ2) is 12.6. The first kappa shape index (κ1) is 31.7. The fourth-order valence-electron chi connectivity index (χ4n) is 3.50. The Bertz CT molecular complexity index is 1430. The van der Waals surface area contributed by atoms with Crippen LogP contribution in [0.5, 0.6) is 0 Å². The molecule has 0 saturated carbocycles. The van der Waals surface area contributed by atoms with E-state index in [1.165, 1.54) is 24.3 Å². The van der Waals surface area contributed by atoms with E-state index in [9.17, 15) is 45.1 Å². The Balaban J connectivity index is 2.58. The van der Waals surface area contributed by atoms with E-state index in [-0.39, 0.29) is 11.1 Å². The van der Waals surface area contributed by atoms with Gasteiger partial charge in [-0.1, -0.05) is 24.3 Å². The van der Waals surface area contributed by atoms with Gasteiger partial charge in [0.1, 0.15) is 36.0 Å². The van der Waals surface area contributed by atoms with Crippen LogP contribution in [0.1, 0.15) is 11.1 Å². The summed E-state index contributed by atoms with van der Waals surface area (Å²) < 4.78 is 67.3. The molecule has 0 aliphatic heterocycles. The van der Waals surface area contributed by atoms with Crippen molar-refractivity contribution in [3.05, 3.63) is 47.5 Å². The van der Waals surface area contributed by atoms with Gasteiger partial charge in [-0.3, -0.25) is 28.3 Å². The Hall–Kier alpha value is -4.52. The molecule has 0 aliphatic rings. The van der Waals surface area contributed by atoms with Gasteiger partial charge in [-0.05, 0) is 35.4 Å². The van der Waals surface area contributed by atoms with Crippen LogP contribution in [0.4, 0.5) is 11.4 Å². The van der Waals surface area contributed by atoms with E-state index in [1.54, 1.807) is 0 Å². The Morgan fingerprint density at radius 3 is 1.07 bits per heavy atom. The molecule has 6 N–H and O–H groups in total. The molecule has 0 aromatic heterocycles. The van der Waals surface area contributed by atoms with Gasteiger partial charge >= 0.3 is 23.9 Å². The van der Waals surface area contributed by atoms with Crippen molar-refractivity contribution in [1.29, 1.82) is 0 Å². The number of carboxylic acid groups (broad SMARTS) is 4. The lowest BCUT2D eigenvalue weighted by Gasteiger charge is -2.23. The molecule has 0 aliphatic carbocycles. The molecule has 0 bridgehead atoms. The predicted molar refractivity (Wildman–Crippen MR) is 136 cm³/mol. The molecule has 0 saturated heterocycles.